The third-order valence-corrected chi connectivity index (χ3v) is 12.9. The number of rotatable bonds is 10. The minimum absolute atomic E-state index is 0.397. The largest absolute Gasteiger partial charge is 0.479 e. The van der Waals surface area contributed by atoms with Crippen LogP contribution in [0.1, 0.15) is 59.3 Å². The summed E-state index contributed by atoms with van der Waals surface area (Å²) in [4.78, 5) is 0. The fraction of sp³-hybridized carbons (Fsp3) is 1.00. The molecule has 4 nitrogen and oxygen atoms in total. The van der Waals surface area contributed by atoms with Crippen molar-refractivity contribution in [3.05, 3.63) is 0 Å². The van der Waals surface area contributed by atoms with Gasteiger partial charge in [-0.15, -0.1) is 0 Å². The summed E-state index contributed by atoms with van der Waals surface area (Å²) >= 11 is 0. The van der Waals surface area contributed by atoms with Gasteiger partial charge in [0.1, 0.15) is 14.7 Å². The van der Waals surface area contributed by atoms with E-state index in [4.69, 9.17) is 13.6 Å². The van der Waals surface area contributed by atoms with Gasteiger partial charge in [0, 0.05) is 0 Å². The minimum Gasteiger partial charge on any atom is -0.281 e. The van der Waals surface area contributed by atoms with Crippen LogP contribution >= 0.6 is 7.82 Å². The monoisotopic (exact) mass is 320 g/mol. The van der Waals surface area contributed by atoms with Crippen LogP contribution in [0.5, 0.6) is 0 Å². The number of fused-ring (bicyclic) bond motifs is 1. The first-order valence-electron chi connectivity index (χ1n) is 8.21. The van der Waals surface area contributed by atoms with Gasteiger partial charge in [-0.2, -0.15) is 0 Å². The van der Waals surface area contributed by atoms with Crippen LogP contribution in [0.2, 0.25) is 18.1 Å². The fourth-order valence-electron chi connectivity index (χ4n) is 3.56. The fourth-order valence-corrected chi connectivity index (χ4v) is 11.1. The van der Waals surface area contributed by atoms with Crippen molar-refractivity contribution in [2.75, 3.05) is 6.61 Å². The normalized spacial score (nSPS) is 32.4. The molecule has 0 radical (unpaired) electrons. The van der Waals surface area contributed by atoms with Gasteiger partial charge in [0.15, 0.2) is 5.41 Å². The summed E-state index contributed by atoms with van der Waals surface area (Å²) in [6.07, 6.45) is 7.85. The van der Waals surface area contributed by atoms with Crippen LogP contribution < -0.4 is 0 Å². The lowest BCUT2D eigenvalue weighted by Crippen LogP contribution is -2.62. The predicted octanol–water partition coefficient (Wildman–Crippen LogP) is 5.26. The van der Waals surface area contributed by atoms with Crippen molar-refractivity contribution in [1.29, 1.82) is 0 Å². The topological polar surface area (TPSA) is 44.8 Å². The first-order valence-corrected chi connectivity index (χ1v) is 12.3. The van der Waals surface area contributed by atoms with E-state index in [0.29, 0.717) is 6.61 Å². The summed E-state index contributed by atoms with van der Waals surface area (Å²) in [5.41, 5.74) is -0.588. The maximum Gasteiger partial charge on any atom is 0.479 e. The molecule has 3 aliphatic rings. The van der Waals surface area contributed by atoms with Gasteiger partial charge in [-0.25, -0.2) is 4.57 Å². The predicted molar refractivity (Wildman–Crippen MR) is 83.4 cm³/mol. The second-order valence-electron chi connectivity index (χ2n) is 6.16. The molecule has 6 heteroatoms. The molecule has 0 aromatic rings. The SMILES string of the molecule is CCCCCCCC[Si](CC)(CC)C12COP(=O)(O1)O2. The minimum atomic E-state index is -3.11. The molecule has 0 aromatic heterocycles. The maximum atomic E-state index is 11.8. The van der Waals surface area contributed by atoms with E-state index in [-0.39, 0.29) is 0 Å². The molecule has 2 bridgehead atoms. The van der Waals surface area contributed by atoms with Gasteiger partial charge >= 0.3 is 7.82 Å². The summed E-state index contributed by atoms with van der Waals surface area (Å²) in [5.74, 6) is 0. The summed E-state index contributed by atoms with van der Waals surface area (Å²) < 4.78 is 28.3. The van der Waals surface area contributed by atoms with Crippen molar-refractivity contribution in [2.45, 2.75) is 82.8 Å². The molecule has 0 aromatic carbocycles. The molecule has 3 rings (SSSR count). The molecule has 0 spiro atoms. The average Bonchev–Trinajstić information content (AvgIpc) is 2.93. The Morgan fingerprint density at radius 1 is 1.00 bits per heavy atom. The lowest BCUT2D eigenvalue weighted by atomic mass is 10.1. The quantitative estimate of drug-likeness (QED) is 0.313. The van der Waals surface area contributed by atoms with Gasteiger partial charge in [-0.05, 0) is 0 Å². The van der Waals surface area contributed by atoms with Gasteiger partial charge in [0.05, 0.1) is 0 Å². The zero-order valence-electron chi connectivity index (χ0n) is 13.2. The van der Waals surface area contributed by atoms with Crippen molar-refractivity contribution in [3.8, 4) is 0 Å². The molecule has 0 atom stereocenters. The molecule has 0 amide bonds. The van der Waals surface area contributed by atoms with Gasteiger partial charge < -0.3 is 0 Å². The van der Waals surface area contributed by atoms with Crippen LogP contribution in [0.15, 0.2) is 0 Å². The average molecular weight is 320 g/mol. The van der Waals surface area contributed by atoms with E-state index in [0.717, 1.165) is 12.1 Å². The smallest absolute Gasteiger partial charge is 0.281 e. The summed E-state index contributed by atoms with van der Waals surface area (Å²) in [5, 5.41) is 0. The van der Waals surface area contributed by atoms with Gasteiger partial charge in [-0.1, -0.05) is 77.4 Å². The maximum absolute atomic E-state index is 11.8. The number of phosphoric ester groups is 1. The number of hydrogen-bond donors (Lipinski definition) is 0. The van der Waals surface area contributed by atoms with E-state index in [1.165, 1.54) is 44.6 Å². The Kier molecular flexibility index (Phi) is 5.52. The Hall–Kier alpha value is 0.327. The molecule has 0 unspecified atom stereocenters. The third-order valence-electron chi connectivity index (χ3n) is 5.10. The molecule has 3 fully saturated rings. The highest BCUT2D eigenvalue weighted by Gasteiger charge is 2.73. The van der Waals surface area contributed by atoms with Gasteiger partial charge in [0.25, 0.3) is 0 Å². The van der Waals surface area contributed by atoms with Gasteiger partial charge in [-0.3, -0.25) is 13.6 Å². The molecule has 0 N–H and O–H groups in total. The third kappa shape index (κ3) is 2.93. The highest BCUT2D eigenvalue weighted by Crippen LogP contribution is 2.74. The Morgan fingerprint density at radius 2 is 1.60 bits per heavy atom. The van der Waals surface area contributed by atoms with Crippen LogP contribution in [0, 0.1) is 0 Å². The van der Waals surface area contributed by atoms with Crippen LogP contribution in [0.3, 0.4) is 0 Å². The van der Waals surface area contributed by atoms with Crippen LogP contribution in [0.25, 0.3) is 0 Å². The van der Waals surface area contributed by atoms with E-state index < -0.39 is 21.3 Å². The first-order chi connectivity index (χ1) is 9.55. The van der Waals surface area contributed by atoms with Crippen molar-refractivity contribution in [1.82, 2.24) is 0 Å². The standard InChI is InChI=1S/C14H29O4PSi/c1-4-7-8-9-10-11-12-20(5-2,6-3)14-13-16-19(15,17-14)18-14/h4-13H2,1-3H3. The Morgan fingerprint density at radius 3 is 2.10 bits per heavy atom. The van der Waals surface area contributed by atoms with Crippen molar-refractivity contribution in [2.24, 2.45) is 0 Å². The zero-order valence-corrected chi connectivity index (χ0v) is 15.0. The van der Waals surface area contributed by atoms with Crippen LogP contribution in [-0.4, -0.2) is 20.1 Å². The highest BCUT2D eigenvalue weighted by atomic mass is 31.2. The van der Waals surface area contributed by atoms with Crippen LogP contribution in [0.4, 0.5) is 0 Å². The molecule has 3 heterocycles. The van der Waals surface area contributed by atoms with E-state index >= 15 is 0 Å². The molecule has 3 aliphatic heterocycles. The van der Waals surface area contributed by atoms with E-state index in [9.17, 15) is 4.57 Å². The Bertz CT molecular complexity index is 360. The van der Waals surface area contributed by atoms with E-state index in [2.05, 4.69) is 20.8 Å². The highest BCUT2D eigenvalue weighted by molar-refractivity contribution is 7.50. The Labute approximate surface area is 124 Å². The summed E-state index contributed by atoms with van der Waals surface area (Å²) in [7, 11) is -4.83. The molecule has 0 aliphatic carbocycles. The molecule has 3 saturated heterocycles. The van der Waals surface area contributed by atoms with Crippen molar-refractivity contribution >= 4 is 15.9 Å². The number of unbranched alkanes of at least 4 members (excludes halogenated alkanes) is 5. The second-order valence-corrected chi connectivity index (χ2v) is 12.9. The summed E-state index contributed by atoms with van der Waals surface area (Å²) in [6, 6.07) is 3.43. The molecule has 0 saturated carbocycles. The van der Waals surface area contributed by atoms with E-state index in [1.54, 1.807) is 0 Å². The summed E-state index contributed by atoms with van der Waals surface area (Å²) in [6.45, 7) is 7.11. The van der Waals surface area contributed by atoms with E-state index in [1.807, 2.05) is 0 Å². The van der Waals surface area contributed by atoms with Crippen molar-refractivity contribution in [3.63, 3.8) is 0 Å². The second kappa shape index (κ2) is 6.61. The Balaban J connectivity index is 1.85. The van der Waals surface area contributed by atoms with Crippen LogP contribution in [-0.2, 0) is 18.1 Å². The lowest BCUT2D eigenvalue weighted by Gasteiger charge is -2.47. The molecule has 118 valence electrons. The first kappa shape index (κ1) is 16.7. The molecular weight excluding hydrogens is 291 g/mol. The lowest BCUT2D eigenvalue weighted by molar-refractivity contribution is -0.106. The molecular formula is C14H29O4PSi. The zero-order chi connectivity index (χ0) is 14.7. The van der Waals surface area contributed by atoms with Gasteiger partial charge in [0.2, 0.25) is 0 Å². The molecule has 20 heavy (non-hydrogen) atoms. The number of phosphoric acid groups is 1. The van der Waals surface area contributed by atoms with Crippen molar-refractivity contribution < 1.29 is 18.1 Å². The number of hydrogen-bond acceptors (Lipinski definition) is 4.